The largest absolute Gasteiger partial charge is 0.349 e. The van der Waals surface area contributed by atoms with Crippen LogP contribution in [0.3, 0.4) is 0 Å². The molecular weight excluding hydrogens is 372 g/mol. The molecule has 1 amide bonds. The van der Waals surface area contributed by atoms with E-state index in [1.54, 1.807) is 60.7 Å². The topological polar surface area (TPSA) is 66.5 Å². The molecule has 5 nitrogen and oxygen atoms in total. The van der Waals surface area contributed by atoms with E-state index in [0.29, 0.717) is 11.3 Å². The van der Waals surface area contributed by atoms with E-state index in [2.05, 4.69) is 11.9 Å². The van der Waals surface area contributed by atoms with Gasteiger partial charge >= 0.3 is 0 Å². The van der Waals surface area contributed by atoms with Gasteiger partial charge in [-0.3, -0.25) is 9.10 Å². The molecule has 1 aliphatic carbocycles. The lowest BCUT2D eigenvalue weighted by Crippen LogP contribution is -2.36. The van der Waals surface area contributed by atoms with E-state index in [1.807, 2.05) is 0 Å². The van der Waals surface area contributed by atoms with Gasteiger partial charge in [0.05, 0.1) is 17.1 Å². The van der Waals surface area contributed by atoms with Gasteiger partial charge in [-0.2, -0.15) is 0 Å². The predicted molar refractivity (Wildman–Crippen MR) is 112 cm³/mol. The minimum atomic E-state index is -3.71. The van der Waals surface area contributed by atoms with Crippen molar-refractivity contribution in [2.45, 2.75) is 43.0 Å². The molecule has 0 aromatic heterocycles. The number of sulfonamides is 1. The SMILES string of the molecule is C=CCN(c1ccc(C(=O)NC2CCCCC2)cc1)S(=O)(=O)c1ccccc1. The number of benzene rings is 2. The Morgan fingerprint density at radius 2 is 1.68 bits per heavy atom. The third-order valence-corrected chi connectivity index (χ3v) is 6.79. The maximum Gasteiger partial charge on any atom is 0.264 e. The van der Waals surface area contributed by atoms with E-state index in [0.717, 1.165) is 25.7 Å². The van der Waals surface area contributed by atoms with Crippen molar-refractivity contribution in [3.05, 3.63) is 72.8 Å². The second-order valence-electron chi connectivity index (χ2n) is 6.99. The Bertz CT molecular complexity index is 903. The van der Waals surface area contributed by atoms with E-state index in [-0.39, 0.29) is 23.4 Å². The molecule has 0 saturated heterocycles. The average Bonchev–Trinajstić information content (AvgIpc) is 2.73. The maximum atomic E-state index is 13.0. The lowest BCUT2D eigenvalue weighted by Gasteiger charge is -2.24. The molecule has 0 atom stereocenters. The van der Waals surface area contributed by atoms with Crippen molar-refractivity contribution >= 4 is 21.6 Å². The minimum absolute atomic E-state index is 0.111. The monoisotopic (exact) mass is 398 g/mol. The number of anilines is 1. The van der Waals surface area contributed by atoms with Gasteiger partial charge in [-0.15, -0.1) is 6.58 Å². The molecule has 0 bridgehead atoms. The van der Waals surface area contributed by atoms with Crippen molar-refractivity contribution in [3.8, 4) is 0 Å². The molecule has 3 rings (SSSR count). The van der Waals surface area contributed by atoms with Crippen LogP contribution in [0.1, 0.15) is 42.5 Å². The summed E-state index contributed by atoms with van der Waals surface area (Å²) in [5.41, 5.74) is 1.03. The van der Waals surface area contributed by atoms with E-state index < -0.39 is 10.0 Å². The molecule has 28 heavy (non-hydrogen) atoms. The van der Waals surface area contributed by atoms with E-state index >= 15 is 0 Å². The lowest BCUT2D eigenvalue weighted by atomic mass is 9.95. The molecular formula is C22H26N2O3S. The van der Waals surface area contributed by atoms with Gasteiger partial charge < -0.3 is 5.32 Å². The molecule has 1 N–H and O–H groups in total. The summed E-state index contributed by atoms with van der Waals surface area (Å²) in [7, 11) is -3.71. The number of nitrogens with one attached hydrogen (secondary N) is 1. The summed E-state index contributed by atoms with van der Waals surface area (Å²) in [6, 6.07) is 15.2. The van der Waals surface area contributed by atoms with Crippen molar-refractivity contribution in [1.82, 2.24) is 5.32 Å². The molecule has 1 aliphatic rings. The smallest absolute Gasteiger partial charge is 0.264 e. The van der Waals surface area contributed by atoms with Crippen LogP contribution in [-0.2, 0) is 10.0 Å². The summed E-state index contributed by atoms with van der Waals surface area (Å²) in [4.78, 5) is 12.7. The van der Waals surface area contributed by atoms with E-state index in [1.165, 1.54) is 10.7 Å². The van der Waals surface area contributed by atoms with Crippen LogP contribution in [0.25, 0.3) is 0 Å². The third-order valence-electron chi connectivity index (χ3n) is 4.98. The van der Waals surface area contributed by atoms with Crippen molar-refractivity contribution in [1.29, 1.82) is 0 Å². The third kappa shape index (κ3) is 4.62. The Hall–Kier alpha value is -2.60. The van der Waals surface area contributed by atoms with Crippen LogP contribution >= 0.6 is 0 Å². The number of carbonyl (C=O) groups excluding carboxylic acids is 1. The summed E-state index contributed by atoms with van der Waals surface area (Å²) in [6.07, 6.45) is 7.12. The molecule has 0 radical (unpaired) electrons. The van der Waals surface area contributed by atoms with Crippen LogP contribution in [0.2, 0.25) is 0 Å². The van der Waals surface area contributed by atoms with E-state index in [4.69, 9.17) is 0 Å². The average molecular weight is 399 g/mol. The highest BCUT2D eigenvalue weighted by Gasteiger charge is 2.24. The molecule has 1 saturated carbocycles. The zero-order chi connectivity index (χ0) is 20.0. The first-order valence-corrected chi connectivity index (χ1v) is 11.1. The molecule has 1 fully saturated rings. The molecule has 0 heterocycles. The summed E-state index contributed by atoms with van der Waals surface area (Å²) < 4.78 is 27.3. The van der Waals surface area contributed by atoms with Gasteiger partial charge in [0.15, 0.2) is 0 Å². The van der Waals surface area contributed by atoms with Gasteiger partial charge in [0.1, 0.15) is 0 Å². The lowest BCUT2D eigenvalue weighted by molar-refractivity contribution is 0.0927. The molecule has 2 aromatic rings. The molecule has 6 heteroatoms. The van der Waals surface area contributed by atoms with Gasteiger partial charge in [-0.25, -0.2) is 8.42 Å². The van der Waals surface area contributed by atoms with Crippen molar-refractivity contribution in [2.24, 2.45) is 0 Å². The molecule has 0 unspecified atom stereocenters. The second kappa shape index (κ2) is 9.06. The molecule has 0 spiro atoms. The fourth-order valence-electron chi connectivity index (χ4n) is 3.47. The van der Waals surface area contributed by atoms with Crippen LogP contribution in [0.4, 0.5) is 5.69 Å². The van der Waals surface area contributed by atoms with Gasteiger partial charge in [0.25, 0.3) is 15.9 Å². The highest BCUT2D eigenvalue weighted by Crippen LogP contribution is 2.24. The van der Waals surface area contributed by atoms with E-state index in [9.17, 15) is 13.2 Å². The number of rotatable bonds is 7. The normalized spacial score (nSPS) is 15.0. The Morgan fingerprint density at radius 1 is 1.04 bits per heavy atom. The standard InChI is InChI=1S/C22H26N2O3S/c1-2-17-24(28(26,27)21-11-7-4-8-12-21)20-15-13-18(14-16-20)22(25)23-19-9-5-3-6-10-19/h2,4,7-8,11-16,19H,1,3,5-6,9-10,17H2,(H,23,25). The Morgan fingerprint density at radius 3 is 2.29 bits per heavy atom. The van der Waals surface area contributed by atoms with Crippen LogP contribution in [-0.4, -0.2) is 26.9 Å². The first-order chi connectivity index (χ1) is 13.5. The Kier molecular flexibility index (Phi) is 6.52. The minimum Gasteiger partial charge on any atom is -0.349 e. The number of nitrogens with zero attached hydrogens (tertiary/aromatic N) is 1. The fraction of sp³-hybridized carbons (Fsp3) is 0.318. The van der Waals surface area contributed by atoms with Gasteiger partial charge in [0.2, 0.25) is 0 Å². The van der Waals surface area contributed by atoms with Gasteiger partial charge in [-0.1, -0.05) is 43.5 Å². The predicted octanol–water partition coefficient (Wildman–Crippen LogP) is 4.13. The summed E-state index contributed by atoms with van der Waals surface area (Å²) in [5.74, 6) is -0.111. The zero-order valence-corrected chi connectivity index (χ0v) is 16.7. The Labute approximate surface area is 167 Å². The van der Waals surface area contributed by atoms with Gasteiger partial charge in [0, 0.05) is 11.6 Å². The number of amides is 1. The number of hydrogen-bond donors (Lipinski definition) is 1. The first kappa shape index (κ1) is 20.1. The molecule has 148 valence electrons. The van der Waals surface area contributed by atoms with Crippen LogP contribution < -0.4 is 9.62 Å². The fourth-order valence-corrected chi connectivity index (χ4v) is 4.93. The highest BCUT2D eigenvalue weighted by molar-refractivity contribution is 7.92. The summed E-state index contributed by atoms with van der Waals surface area (Å²) in [5, 5.41) is 3.08. The van der Waals surface area contributed by atoms with Crippen LogP contribution in [0.15, 0.2) is 72.1 Å². The summed E-state index contributed by atoms with van der Waals surface area (Å²) >= 11 is 0. The highest BCUT2D eigenvalue weighted by atomic mass is 32.2. The van der Waals surface area contributed by atoms with Crippen molar-refractivity contribution in [3.63, 3.8) is 0 Å². The summed E-state index contributed by atoms with van der Waals surface area (Å²) in [6.45, 7) is 3.82. The molecule has 0 aliphatic heterocycles. The number of hydrogen-bond acceptors (Lipinski definition) is 3. The second-order valence-corrected chi connectivity index (χ2v) is 8.86. The number of carbonyl (C=O) groups is 1. The maximum absolute atomic E-state index is 13.0. The van der Waals surface area contributed by atoms with Crippen LogP contribution in [0, 0.1) is 0 Å². The van der Waals surface area contributed by atoms with Gasteiger partial charge in [-0.05, 0) is 49.2 Å². The van der Waals surface area contributed by atoms with Crippen molar-refractivity contribution in [2.75, 3.05) is 10.8 Å². The molecule has 2 aromatic carbocycles. The first-order valence-electron chi connectivity index (χ1n) is 9.62. The van der Waals surface area contributed by atoms with Crippen LogP contribution in [0.5, 0.6) is 0 Å². The zero-order valence-electron chi connectivity index (χ0n) is 15.9. The Balaban J connectivity index is 1.79. The quantitative estimate of drug-likeness (QED) is 0.713. The van der Waals surface area contributed by atoms with Crippen molar-refractivity contribution < 1.29 is 13.2 Å².